The predicted molar refractivity (Wildman–Crippen MR) is 49.6 cm³/mol. The minimum Gasteiger partial charge on any atom is -0.394 e. The molecule has 1 saturated heterocycles. The molecule has 2 aliphatic rings. The first-order valence-electron chi connectivity index (χ1n) is 4.72. The van der Waals surface area contributed by atoms with Crippen LogP contribution < -0.4 is 5.32 Å². The standard InChI is InChI=1S/C8H15N3O3/c12-2-7-6(13)1-8(14-7)11-4-9-3-10-5-11/h4,6-8,10,12-13H,1-3,5H2/t6?,7?,8-/m1/s1. The Balaban J connectivity index is 1.93. The number of aliphatic imine (C=N–C) groups is 1. The SMILES string of the molecule is OCC1O[C@@H](N2C=NCNC2)CC1O. The van der Waals surface area contributed by atoms with Crippen molar-refractivity contribution in [3.8, 4) is 0 Å². The first kappa shape index (κ1) is 9.85. The summed E-state index contributed by atoms with van der Waals surface area (Å²) in [5, 5.41) is 21.5. The van der Waals surface area contributed by atoms with Crippen molar-refractivity contribution in [2.24, 2.45) is 4.99 Å². The minimum absolute atomic E-state index is 0.143. The lowest BCUT2D eigenvalue weighted by Crippen LogP contribution is -2.44. The smallest absolute Gasteiger partial charge is 0.135 e. The number of nitrogens with zero attached hydrogens (tertiary/aromatic N) is 2. The Hall–Kier alpha value is -0.690. The number of ether oxygens (including phenoxy) is 1. The monoisotopic (exact) mass is 201 g/mol. The van der Waals surface area contributed by atoms with Gasteiger partial charge in [-0.15, -0.1) is 0 Å². The number of rotatable bonds is 2. The maximum absolute atomic E-state index is 9.51. The zero-order chi connectivity index (χ0) is 9.97. The molecule has 14 heavy (non-hydrogen) atoms. The molecule has 0 aromatic heterocycles. The van der Waals surface area contributed by atoms with E-state index >= 15 is 0 Å². The Labute approximate surface area is 82.2 Å². The quantitative estimate of drug-likeness (QED) is 0.496. The second kappa shape index (κ2) is 4.22. The first-order chi connectivity index (χ1) is 6.81. The van der Waals surface area contributed by atoms with Crippen molar-refractivity contribution >= 4 is 6.34 Å². The van der Waals surface area contributed by atoms with Gasteiger partial charge in [0.25, 0.3) is 0 Å². The highest BCUT2D eigenvalue weighted by Crippen LogP contribution is 2.22. The summed E-state index contributed by atoms with van der Waals surface area (Å²) in [6.45, 7) is 1.14. The maximum atomic E-state index is 9.51. The Morgan fingerprint density at radius 2 is 2.50 bits per heavy atom. The average molecular weight is 201 g/mol. The molecule has 6 heteroatoms. The second-order valence-electron chi connectivity index (χ2n) is 3.49. The van der Waals surface area contributed by atoms with Gasteiger partial charge in [0, 0.05) is 6.42 Å². The number of aliphatic hydroxyl groups excluding tert-OH is 2. The molecular weight excluding hydrogens is 186 g/mol. The Kier molecular flexibility index (Phi) is 2.97. The molecule has 80 valence electrons. The van der Waals surface area contributed by atoms with Crippen LogP contribution in [0.1, 0.15) is 6.42 Å². The zero-order valence-corrected chi connectivity index (χ0v) is 7.83. The molecule has 6 nitrogen and oxygen atoms in total. The number of nitrogens with one attached hydrogen (secondary N) is 1. The van der Waals surface area contributed by atoms with Crippen molar-refractivity contribution < 1.29 is 14.9 Å². The van der Waals surface area contributed by atoms with Crippen LogP contribution >= 0.6 is 0 Å². The molecule has 0 bridgehead atoms. The summed E-state index contributed by atoms with van der Waals surface area (Å²) >= 11 is 0. The molecule has 2 unspecified atom stereocenters. The van der Waals surface area contributed by atoms with E-state index in [1.54, 1.807) is 6.34 Å². The van der Waals surface area contributed by atoms with Crippen LogP contribution in [0, 0.1) is 0 Å². The summed E-state index contributed by atoms with van der Waals surface area (Å²) in [6.07, 6.45) is 1.00. The van der Waals surface area contributed by atoms with E-state index in [1.165, 1.54) is 0 Å². The van der Waals surface area contributed by atoms with Crippen LogP contribution in [0.2, 0.25) is 0 Å². The summed E-state index contributed by atoms with van der Waals surface area (Å²) in [6, 6.07) is 0. The lowest BCUT2D eigenvalue weighted by Gasteiger charge is -2.28. The Morgan fingerprint density at radius 3 is 3.07 bits per heavy atom. The molecule has 0 amide bonds. The van der Waals surface area contributed by atoms with Gasteiger partial charge >= 0.3 is 0 Å². The van der Waals surface area contributed by atoms with Gasteiger partial charge in [0.2, 0.25) is 0 Å². The third kappa shape index (κ3) is 1.88. The number of aliphatic hydroxyl groups is 2. The summed E-state index contributed by atoms with van der Waals surface area (Å²) in [5.41, 5.74) is 0. The van der Waals surface area contributed by atoms with Gasteiger partial charge in [-0.05, 0) is 0 Å². The zero-order valence-electron chi connectivity index (χ0n) is 7.83. The van der Waals surface area contributed by atoms with Crippen molar-refractivity contribution in [1.82, 2.24) is 10.2 Å². The molecule has 0 aromatic carbocycles. The lowest BCUT2D eigenvalue weighted by molar-refractivity contribution is -0.0590. The molecule has 3 N–H and O–H groups in total. The summed E-state index contributed by atoms with van der Waals surface area (Å²) in [5.74, 6) is 0. The largest absolute Gasteiger partial charge is 0.394 e. The highest BCUT2D eigenvalue weighted by Gasteiger charge is 2.36. The molecule has 0 radical (unpaired) electrons. The molecule has 2 heterocycles. The van der Waals surface area contributed by atoms with Crippen molar-refractivity contribution in [2.75, 3.05) is 19.9 Å². The highest BCUT2D eigenvalue weighted by molar-refractivity contribution is 5.55. The van der Waals surface area contributed by atoms with Crippen LogP contribution in [0.5, 0.6) is 0 Å². The van der Waals surface area contributed by atoms with Crippen LogP contribution in [-0.2, 0) is 4.74 Å². The van der Waals surface area contributed by atoms with E-state index in [2.05, 4.69) is 10.3 Å². The molecule has 2 rings (SSSR count). The van der Waals surface area contributed by atoms with Gasteiger partial charge < -0.3 is 19.8 Å². The van der Waals surface area contributed by atoms with E-state index < -0.39 is 12.2 Å². The highest BCUT2D eigenvalue weighted by atomic mass is 16.5. The number of hydrogen-bond acceptors (Lipinski definition) is 6. The summed E-state index contributed by atoms with van der Waals surface area (Å²) in [4.78, 5) is 5.92. The molecule has 3 atom stereocenters. The first-order valence-corrected chi connectivity index (χ1v) is 4.72. The van der Waals surface area contributed by atoms with E-state index in [-0.39, 0.29) is 12.8 Å². The lowest BCUT2D eigenvalue weighted by atomic mass is 10.2. The molecule has 0 saturated carbocycles. The van der Waals surface area contributed by atoms with Gasteiger partial charge in [-0.2, -0.15) is 0 Å². The normalized spacial score (nSPS) is 37.9. The summed E-state index contributed by atoms with van der Waals surface area (Å²) < 4.78 is 5.46. The van der Waals surface area contributed by atoms with Gasteiger partial charge in [0.15, 0.2) is 0 Å². The van der Waals surface area contributed by atoms with Gasteiger partial charge in [0.05, 0.1) is 32.4 Å². The van der Waals surface area contributed by atoms with E-state index in [4.69, 9.17) is 9.84 Å². The van der Waals surface area contributed by atoms with E-state index in [0.29, 0.717) is 19.8 Å². The molecular formula is C8H15N3O3. The van der Waals surface area contributed by atoms with Crippen molar-refractivity contribution in [3.63, 3.8) is 0 Å². The second-order valence-corrected chi connectivity index (χ2v) is 3.49. The van der Waals surface area contributed by atoms with Gasteiger partial charge in [0.1, 0.15) is 12.3 Å². The van der Waals surface area contributed by atoms with Crippen LogP contribution in [-0.4, -0.2) is 59.8 Å². The molecule has 0 aromatic rings. The average Bonchev–Trinajstić information content (AvgIpc) is 2.61. The predicted octanol–water partition coefficient (Wildman–Crippen LogP) is -1.70. The van der Waals surface area contributed by atoms with Crippen molar-refractivity contribution in [1.29, 1.82) is 0 Å². The minimum atomic E-state index is -0.583. The van der Waals surface area contributed by atoms with E-state index in [0.717, 1.165) is 0 Å². The maximum Gasteiger partial charge on any atom is 0.135 e. The van der Waals surface area contributed by atoms with Crippen molar-refractivity contribution in [2.45, 2.75) is 24.9 Å². The van der Waals surface area contributed by atoms with Crippen LogP contribution in [0.15, 0.2) is 4.99 Å². The fourth-order valence-corrected chi connectivity index (χ4v) is 1.69. The van der Waals surface area contributed by atoms with Gasteiger partial charge in [-0.1, -0.05) is 0 Å². The molecule has 0 aliphatic carbocycles. The van der Waals surface area contributed by atoms with E-state index in [1.807, 2.05) is 4.90 Å². The Morgan fingerprint density at radius 1 is 1.64 bits per heavy atom. The summed E-state index contributed by atoms with van der Waals surface area (Å²) in [7, 11) is 0. The van der Waals surface area contributed by atoms with E-state index in [9.17, 15) is 5.11 Å². The van der Waals surface area contributed by atoms with Crippen LogP contribution in [0.25, 0.3) is 0 Å². The third-order valence-corrected chi connectivity index (χ3v) is 2.48. The van der Waals surface area contributed by atoms with Crippen molar-refractivity contribution in [3.05, 3.63) is 0 Å². The van der Waals surface area contributed by atoms with Crippen LogP contribution in [0.3, 0.4) is 0 Å². The third-order valence-electron chi connectivity index (χ3n) is 2.48. The molecule has 2 aliphatic heterocycles. The topological polar surface area (TPSA) is 77.3 Å². The fourth-order valence-electron chi connectivity index (χ4n) is 1.69. The fraction of sp³-hybridized carbons (Fsp3) is 0.875. The van der Waals surface area contributed by atoms with Gasteiger partial charge in [-0.25, -0.2) is 0 Å². The Bertz CT molecular complexity index is 224. The molecule has 0 spiro atoms. The van der Waals surface area contributed by atoms with Gasteiger partial charge in [-0.3, -0.25) is 10.3 Å². The van der Waals surface area contributed by atoms with Crippen LogP contribution in [0.4, 0.5) is 0 Å². The number of hydrogen-bond donors (Lipinski definition) is 3. The molecule has 1 fully saturated rings.